The minimum absolute atomic E-state index is 0.0201. The van der Waals surface area contributed by atoms with Crippen LogP contribution in [0, 0.1) is 5.92 Å². The van der Waals surface area contributed by atoms with Gasteiger partial charge in [-0.05, 0) is 41.9 Å². The molecule has 0 aromatic heterocycles. The maximum atomic E-state index is 13.5. The van der Waals surface area contributed by atoms with Crippen LogP contribution in [-0.4, -0.2) is 78.9 Å². The first-order valence-electron chi connectivity index (χ1n) is 12.1. The van der Waals surface area contributed by atoms with Crippen molar-refractivity contribution in [2.75, 3.05) is 38.0 Å². The summed E-state index contributed by atoms with van der Waals surface area (Å²) in [5.74, 6) is 1.28. The monoisotopic (exact) mass is 510 g/mol. The van der Waals surface area contributed by atoms with Gasteiger partial charge in [-0.1, -0.05) is 44.5 Å². The van der Waals surface area contributed by atoms with Gasteiger partial charge < -0.3 is 21.1 Å². The molecule has 34 heavy (non-hydrogen) atoms. The summed E-state index contributed by atoms with van der Waals surface area (Å²) in [6, 6.07) is 7.45. The van der Waals surface area contributed by atoms with Crippen molar-refractivity contribution < 1.29 is 14.3 Å². The number of ether oxygens (including phenoxy) is 1. The minimum Gasteiger partial charge on any atom is -0.467 e. The van der Waals surface area contributed by atoms with Gasteiger partial charge in [0.2, 0.25) is 5.91 Å². The summed E-state index contributed by atoms with van der Waals surface area (Å²) in [4.78, 5) is 28.1. The zero-order chi connectivity index (χ0) is 25.1. The van der Waals surface area contributed by atoms with Gasteiger partial charge in [0.15, 0.2) is 0 Å². The van der Waals surface area contributed by atoms with Crippen LogP contribution < -0.4 is 16.4 Å². The van der Waals surface area contributed by atoms with Gasteiger partial charge >= 0.3 is 5.97 Å². The SMILES string of the molecule is CC[C@H](C)[C@@H](CN1Cc2ccccc2CC1C(=O)N[C@@H](CCSC)C(=O)OC)NC[C@@H](N)CS. The Labute approximate surface area is 214 Å². The fourth-order valence-electron chi connectivity index (χ4n) is 4.27. The van der Waals surface area contributed by atoms with Crippen molar-refractivity contribution in [3.63, 3.8) is 0 Å². The quantitative estimate of drug-likeness (QED) is 0.225. The van der Waals surface area contributed by atoms with Crippen LogP contribution in [-0.2, 0) is 27.3 Å². The number of carbonyl (C=O) groups excluding carboxylic acids is 2. The maximum absolute atomic E-state index is 13.5. The number of thiol groups is 1. The van der Waals surface area contributed by atoms with Crippen molar-refractivity contribution >= 4 is 36.3 Å². The van der Waals surface area contributed by atoms with Crippen molar-refractivity contribution in [1.82, 2.24) is 15.5 Å². The Hall–Kier alpha value is -1.26. The number of nitrogens with one attached hydrogen (secondary N) is 2. The predicted molar refractivity (Wildman–Crippen MR) is 144 cm³/mol. The number of methoxy groups -OCH3 is 1. The molecule has 1 heterocycles. The highest BCUT2D eigenvalue weighted by atomic mass is 32.2. The Balaban J connectivity index is 2.24. The van der Waals surface area contributed by atoms with E-state index in [9.17, 15) is 9.59 Å². The third kappa shape index (κ3) is 8.45. The molecule has 0 saturated heterocycles. The summed E-state index contributed by atoms with van der Waals surface area (Å²) in [5.41, 5.74) is 8.54. The first kappa shape index (κ1) is 29.0. The number of benzene rings is 1. The minimum atomic E-state index is -0.638. The third-order valence-electron chi connectivity index (χ3n) is 6.70. The number of fused-ring (bicyclic) bond motifs is 1. The Morgan fingerprint density at radius 3 is 2.65 bits per heavy atom. The molecule has 1 aromatic rings. The lowest BCUT2D eigenvalue weighted by molar-refractivity contribution is -0.146. The Morgan fingerprint density at radius 1 is 1.32 bits per heavy atom. The molecule has 0 aliphatic carbocycles. The lowest BCUT2D eigenvalue weighted by Gasteiger charge is -2.40. The van der Waals surface area contributed by atoms with Gasteiger partial charge in [0.05, 0.1) is 13.2 Å². The van der Waals surface area contributed by atoms with E-state index in [0.717, 1.165) is 12.2 Å². The van der Waals surface area contributed by atoms with E-state index in [1.807, 2.05) is 18.4 Å². The standard InChI is InChI=1S/C25H42N4O3S2/c1-5-17(2)22(27-13-20(26)16-33)15-29-14-19-9-7-6-8-18(19)12-23(29)24(30)28-21(10-11-34-4)25(31)32-3/h6-9,17,20-23,27,33H,5,10-16,26H2,1-4H3,(H,28,30)/t17-,20+,21-,22+,23?/m0/s1. The number of nitrogens with two attached hydrogens (primary N) is 1. The summed E-state index contributed by atoms with van der Waals surface area (Å²) < 4.78 is 4.95. The average Bonchev–Trinajstić information content (AvgIpc) is 2.86. The molecule has 0 saturated carbocycles. The molecule has 1 aromatic carbocycles. The third-order valence-corrected chi connectivity index (χ3v) is 7.81. The highest BCUT2D eigenvalue weighted by Gasteiger charge is 2.35. The molecule has 4 N–H and O–H groups in total. The molecule has 5 atom stereocenters. The number of thioether (sulfide) groups is 1. The molecular formula is C25H42N4O3S2. The van der Waals surface area contributed by atoms with E-state index in [-0.39, 0.29) is 24.0 Å². The molecule has 1 aliphatic heterocycles. The number of nitrogens with zero attached hydrogens (tertiary/aromatic N) is 1. The maximum Gasteiger partial charge on any atom is 0.328 e. The molecule has 0 bridgehead atoms. The Morgan fingerprint density at radius 2 is 2.03 bits per heavy atom. The van der Waals surface area contributed by atoms with Gasteiger partial charge in [-0.15, -0.1) is 0 Å². The van der Waals surface area contributed by atoms with Gasteiger partial charge in [0.25, 0.3) is 0 Å². The molecule has 0 fully saturated rings. The normalized spacial score (nSPS) is 19.5. The van der Waals surface area contributed by atoms with Crippen LogP contribution in [0.4, 0.5) is 0 Å². The van der Waals surface area contributed by atoms with Crippen molar-refractivity contribution in [3.8, 4) is 0 Å². The average molecular weight is 511 g/mol. The molecule has 0 spiro atoms. The van der Waals surface area contributed by atoms with E-state index in [2.05, 4.69) is 54.1 Å². The fourth-order valence-corrected chi connectivity index (χ4v) is 4.87. The number of rotatable bonds is 14. The molecule has 1 amide bonds. The Kier molecular flexibility index (Phi) is 12.8. The molecule has 0 radical (unpaired) electrons. The zero-order valence-corrected chi connectivity index (χ0v) is 22.7. The van der Waals surface area contributed by atoms with Crippen LogP contribution in [0.2, 0.25) is 0 Å². The van der Waals surface area contributed by atoms with Gasteiger partial charge in [0, 0.05) is 37.5 Å². The van der Waals surface area contributed by atoms with Crippen LogP contribution in [0.25, 0.3) is 0 Å². The van der Waals surface area contributed by atoms with E-state index in [1.165, 1.54) is 18.2 Å². The van der Waals surface area contributed by atoms with Gasteiger partial charge in [-0.3, -0.25) is 9.69 Å². The summed E-state index contributed by atoms with van der Waals surface area (Å²) in [6.45, 7) is 6.50. The highest BCUT2D eigenvalue weighted by molar-refractivity contribution is 7.98. The van der Waals surface area contributed by atoms with Crippen molar-refractivity contribution in [2.45, 2.75) is 63.8 Å². The first-order chi connectivity index (χ1) is 16.3. The molecule has 2 rings (SSSR count). The summed E-state index contributed by atoms with van der Waals surface area (Å²) in [5, 5.41) is 6.61. The fraction of sp³-hybridized carbons (Fsp3) is 0.680. The highest BCUT2D eigenvalue weighted by Crippen LogP contribution is 2.25. The molecule has 192 valence electrons. The number of hydrogen-bond acceptors (Lipinski definition) is 8. The smallest absolute Gasteiger partial charge is 0.328 e. The van der Waals surface area contributed by atoms with E-state index in [0.29, 0.717) is 44.1 Å². The van der Waals surface area contributed by atoms with Gasteiger partial charge in [-0.2, -0.15) is 24.4 Å². The Bertz CT molecular complexity index is 782. The second-order valence-electron chi connectivity index (χ2n) is 9.13. The largest absolute Gasteiger partial charge is 0.467 e. The van der Waals surface area contributed by atoms with Crippen LogP contribution in [0.15, 0.2) is 24.3 Å². The van der Waals surface area contributed by atoms with Gasteiger partial charge in [0.1, 0.15) is 6.04 Å². The van der Waals surface area contributed by atoms with Crippen LogP contribution in [0.3, 0.4) is 0 Å². The van der Waals surface area contributed by atoms with E-state index < -0.39 is 12.0 Å². The van der Waals surface area contributed by atoms with E-state index in [1.54, 1.807) is 11.8 Å². The second-order valence-corrected chi connectivity index (χ2v) is 10.5. The van der Waals surface area contributed by atoms with Crippen LogP contribution >= 0.6 is 24.4 Å². The second kappa shape index (κ2) is 15.0. The summed E-state index contributed by atoms with van der Waals surface area (Å²) >= 11 is 5.95. The molecular weight excluding hydrogens is 468 g/mol. The summed E-state index contributed by atoms with van der Waals surface area (Å²) in [7, 11) is 1.36. The molecule has 7 nitrogen and oxygen atoms in total. The van der Waals surface area contributed by atoms with Crippen LogP contribution in [0.5, 0.6) is 0 Å². The summed E-state index contributed by atoms with van der Waals surface area (Å²) in [6.07, 6.45) is 4.16. The lowest BCUT2D eigenvalue weighted by Crippen LogP contribution is -2.57. The van der Waals surface area contributed by atoms with Crippen molar-refractivity contribution in [3.05, 3.63) is 35.4 Å². The van der Waals surface area contributed by atoms with Crippen molar-refractivity contribution in [2.24, 2.45) is 11.7 Å². The van der Waals surface area contributed by atoms with Gasteiger partial charge in [-0.25, -0.2) is 4.79 Å². The van der Waals surface area contributed by atoms with Crippen LogP contribution in [0.1, 0.15) is 37.8 Å². The number of hydrogen-bond donors (Lipinski definition) is 4. The molecule has 1 aliphatic rings. The zero-order valence-electron chi connectivity index (χ0n) is 21.0. The van der Waals surface area contributed by atoms with E-state index >= 15 is 0 Å². The molecule has 1 unspecified atom stereocenters. The topological polar surface area (TPSA) is 96.7 Å². The number of carbonyl (C=O) groups is 2. The number of amides is 1. The first-order valence-corrected chi connectivity index (χ1v) is 14.1. The lowest BCUT2D eigenvalue weighted by atomic mass is 9.91. The van der Waals surface area contributed by atoms with E-state index in [4.69, 9.17) is 10.5 Å². The molecule has 9 heteroatoms. The number of esters is 1. The predicted octanol–water partition coefficient (Wildman–Crippen LogP) is 2.09. The van der Waals surface area contributed by atoms with Crippen molar-refractivity contribution in [1.29, 1.82) is 0 Å².